The van der Waals surface area contributed by atoms with Crippen LogP contribution in [0.25, 0.3) is 0 Å². The van der Waals surface area contributed by atoms with Crippen molar-refractivity contribution in [2.75, 3.05) is 5.32 Å². The molecule has 0 fully saturated rings. The van der Waals surface area contributed by atoms with Gasteiger partial charge in [-0.3, -0.25) is 9.48 Å². The lowest BCUT2D eigenvalue weighted by molar-refractivity contribution is 0.101. The van der Waals surface area contributed by atoms with Crippen LogP contribution < -0.4 is 10.1 Å². The van der Waals surface area contributed by atoms with Gasteiger partial charge in [-0.25, -0.2) is 4.39 Å². The standard InChI is InChI=1S/C24H21Cl2FN4O3/c1-13-6-4-9-21(14(13)2)33-12-17-15(3)34-30-22(17)24(32)28-23-19(26)11-31(29-23)10-16-18(25)7-5-8-20(16)27/h4-9,11H,10,12H2,1-3H3,(H,28,29,32). The Morgan fingerprint density at radius 2 is 1.88 bits per heavy atom. The first-order chi connectivity index (χ1) is 16.2. The molecule has 2 heterocycles. The van der Waals surface area contributed by atoms with Gasteiger partial charge in [0, 0.05) is 16.8 Å². The zero-order valence-corrected chi connectivity index (χ0v) is 20.2. The Bertz CT molecular complexity index is 1350. The van der Waals surface area contributed by atoms with Gasteiger partial charge in [-0.1, -0.05) is 46.6 Å². The minimum atomic E-state index is -0.563. The first-order valence-corrected chi connectivity index (χ1v) is 11.1. The summed E-state index contributed by atoms with van der Waals surface area (Å²) in [6.45, 7) is 5.79. The molecule has 0 radical (unpaired) electrons. The third-order valence-electron chi connectivity index (χ3n) is 5.46. The minimum Gasteiger partial charge on any atom is -0.488 e. The Kier molecular flexibility index (Phi) is 6.90. The predicted octanol–water partition coefficient (Wildman–Crippen LogP) is 6.12. The van der Waals surface area contributed by atoms with Gasteiger partial charge in [0.15, 0.2) is 11.5 Å². The molecule has 0 spiro atoms. The number of anilines is 1. The molecule has 0 bridgehead atoms. The lowest BCUT2D eigenvalue weighted by Crippen LogP contribution is -2.16. The van der Waals surface area contributed by atoms with Crippen LogP contribution in [-0.4, -0.2) is 20.8 Å². The highest BCUT2D eigenvalue weighted by atomic mass is 35.5. The molecule has 7 nitrogen and oxygen atoms in total. The second-order valence-corrected chi connectivity index (χ2v) is 8.54. The van der Waals surface area contributed by atoms with Gasteiger partial charge in [0.25, 0.3) is 5.91 Å². The van der Waals surface area contributed by atoms with E-state index in [2.05, 4.69) is 15.6 Å². The molecule has 0 aliphatic rings. The largest absolute Gasteiger partial charge is 0.488 e. The molecule has 4 aromatic rings. The zero-order valence-electron chi connectivity index (χ0n) is 18.7. The van der Waals surface area contributed by atoms with Crippen molar-refractivity contribution >= 4 is 34.9 Å². The number of rotatable bonds is 7. The number of nitrogens with one attached hydrogen (secondary N) is 1. The molecule has 0 aliphatic carbocycles. The van der Waals surface area contributed by atoms with Gasteiger partial charge in [0.2, 0.25) is 0 Å². The Morgan fingerprint density at radius 1 is 1.12 bits per heavy atom. The summed E-state index contributed by atoms with van der Waals surface area (Å²) in [5, 5.41) is 11.2. The van der Waals surface area contributed by atoms with E-state index in [0.29, 0.717) is 17.1 Å². The molecule has 0 saturated carbocycles. The van der Waals surface area contributed by atoms with E-state index in [-0.39, 0.29) is 40.3 Å². The van der Waals surface area contributed by atoms with E-state index in [9.17, 15) is 9.18 Å². The molecule has 34 heavy (non-hydrogen) atoms. The average molecular weight is 503 g/mol. The summed E-state index contributed by atoms with van der Waals surface area (Å²) < 4.78 is 26.7. The molecule has 2 aromatic heterocycles. The predicted molar refractivity (Wildman–Crippen MR) is 127 cm³/mol. The maximum absolute atomic E-state index is 14.1. The summed E-state index contributed by atoms with van der Waals surface area (Å²) >= 11 is 12.3. The number of aryl methyl sites for hydroxylation is 2. The van der Waals surface area contributed by atoms with E-state index in [1.54, 1.807) is 13.0 Å². The number of carbonyl (C=O) groups is 1. The highest BCUT2D eigenvalue weighted by molar-refractivity contribution is 6.33. The van der Waals surface area contributed by atoms with Gasteiger partial charge >= 0.3 is 0 Å². The van der Waals surface area contributed by atoms with Gasteiger partial charge in [-0.2, -0.15) is 5.10 Å². The first-order valence-electron chi connectivity index (χ1n) is 10.4. The fourth-order valence-corrected chi connectivity index (χ4v) is 3.77. The summed E-state index contributed by atoms with van der Waals surface area (Å²) in [5.41, 5.74) is 2.94. The van der Waals surface area contributed by atoms with E-state index >= 15 is 0 Å². The van der Waals surface area contributed by atoms with Gasteiger partial charge in [0.1, 0.15) is 29.0 Å². The average Bonchev–Trinajstić information content (AvgIpc) is 3.33. The number of aromatic nitrogens is 3. The van der Waals surface area contributed by atoms with E-state index in [1.807, 2.05) is 32.0 Å². The van der Waals surface area contributed by atoms with Crippen molar-refractivity contribution in [2.45, 2.75) is 33.9 Å². The van der Waals surface area contributed by atoms with Crippen LogP contribution in [0.5, 0.6) is 5.75 Å². The van der Waals surface area contributed by atoms with Gasteiger partial charge in [-0.15, -0.1) is 0 Å². The molecule has 2 aromatic carbocycles. The fraction of sp³-hybridized carbons (Fsp3) is 0.208. The molecule has 4 rings (SSSR count). The van der Waals surface area contributed by atoms with Crippen LogP contribution in [0.3, 0.4) is 0 Å². The van der Waals surface area contributed by atoms with Crippen LogP contribution in [0.15, 0.2) is 47.1 Å². The molecule has 10 heteroatoms. The van der Waals surface area contributed by atoms with Crippen molar-refractivity contribution in [1.29, 1.82) is 0 Å². The van der Waals surface area contributed by atoms with E-state index in [4.69, 9.17) is 32.5 Å². The van der Waals surface area contributed by atoms with Crippen molar-refractivity contribution < 1.29 is 18.4 Å². The number of benzene rings is 2. The molecular weight excluding hydrogens is 482 g/mol. The highest BCUT2D eigenvalue weighted by Crippen LogP contribution is 2.26. The lowest BCUT2D eigenvalue weighted by Gasteiger charge is -2.11. The number of hydrogen-bond donors (Lipinski definition) is 1. The van der Waals surface area contributed by atoms with Crippen molar-refractivity contribution in [3.8, 4) is 5.75 Å². The zero-order chi connectivity index (χ0) is 24.4. The maximum Gasteiger partial charge on any atom is 0.279 e. The van der Waals surface area contributed by atoms with Crippen LogP contribution >= 0.6 is 23.2 Å². The third kappa shape index (κ3) is 4.93. The lowest BCUT2D eigenvalue weighted by atomic mass is 10.1. The van der Waals surface area contributed by atoms with Gasteiger partial charge in [0.05, 0.1) is 12.1 Å². The van der Waals surface area contributed by atoms with E-state index < -0.39 is 11.7 Å². The summed E-state index contributed by atoms with van der Waals surface area (Å²) in [6, 6.07) is 10.2. The molecular formula is C24H21Cl2FN4O3. The quantitative estimate of drug-likeness (QED) is 0.329. The Balaban J connectivity index is 1.50. The summed E-state index contributed by atoms with van der Waals surface area (Å²) in [4.78, 5) is 12.9. The topological polar surface area (TPSA) is 82.2 Å². The third-order valence-corrected chi connectivity index (χ3v) is 6.09. The molecule has 0 saturated heterocycles. The summed E-state index contributed by atoms with van der Waals surface area (Å²) in [7, 11) is 0. The van der Waals surface area contributed by atoms with Crippen molar-refractivity contribution in [2.24, 2.45) is 0 Å². The maximum atomic E-state index is 14.1. The molecule has 0 aliphatic heterocycles. The number of carbonyl (C=O) groups excluding carboxylic acids is 1. The van der Waals surface area contributed by atoms with Crippen LogP contribution in [0, 0.1) is 26.6 Å². The number of halogens is 3. The Labute approximate surface area is 205 Å². The first kappa shape index (κ1) is 23.8. The fourth-order valence-electron chi connectivity index (χ4n) is 3.34. The van der Waals surface area contributed by atoms with Crippen molar-refractivity contribution in [1.82, 2.24) is 14.9 Å². The Hall–Kier alpha value is -3.36. The second kappa shape index (κ2) is 9.87. The molecule has 0 unspecified atom stereocenters. The number of amides is 1. The van der Waals surface area contributed by atoms with Crippen LogP contribution in [-0.2, 0) is 13.2 Å². The van der Waals surface area contributed by atoms with Crippen LogP contribution in [0.4, 0.5) is 10.2 Å². The number of ether oxygens (including phenoxy) is 1. The second-order valence-electron chi connectivity index (χ2n) is 7.73. The van der Waals surface area contributed by atoms with E-state index in [0.717, 1.165) is 11.1 Å². The number of nitrogens with zero attached hydrogens (tertiary/aromatic N) is 3. The molecule has 1 N–H and O–H groups in total. The smallest absolute Gasteiger partial charge is 0.279 e. The van der Waals surface area contributed by atoms with Gasteiger partial charge in [-0.05, 0) is 50.1 Å². The van der Waals surface area contributed by atoms with Crippen molar-refractivity contribution in [3.05, 3.63) is 92.2 Å². The normalized spacial score (nSPS) is 11.0. The van der Waals surface area contributed by atoms with Gasteiger partial charge < -0.3 is 14.6 Å². The minimum absolute atomic E-state index is 0.0408. The van der Waals surface area contributed by atoms with Crippen LogP contribution in [0.1, 0.15) is 38.5 Å². The Morgan fingerprint density at radius 3 is 2.65 bits per heavy atom. The molecule has 176 valence electrons. The van der Waals surface area contributed by atoms with Crippen LogP contribution in [0.2, 0.25) is 10.0 Å². The SMILES string of the molecule is Cc1cccc(OCc2c(C(=O)Nc3nn(Cc4c(F)cccc4Cl)cc3Cl)noc2C)c1C. The molecule has 1 amide bonds. The highest BCUT2D eigenvalue weighted by Gasteiger charge is 2.23. The van der Waals surface area contributed by atoms with E-state index in [1.165, 1.54) is 23.0 Å². The number of hydrogen-bond acceptors (Lipinski definition) is 5. The van der Waals surface area contributed by atoms with Crippen molar-refractivity contribution in [3.63, 3.8) is 0 Å². The summed E-state index contributed by atoms with van der Waals surface area (Å²) in [5.74, 6) is 0.242. The monoisotopic (exact) mass is 502 g/mol. The summed E-state index contributed by atoms with van der Waals surface area (Å²) in [6.07, 6.45) is 1.47. The molecule has 0 atom stereocenters.